The van der Waals surface area contributed by atoms with Gasteiger partial charge in [-0.2, -0.15) is 5.10 Å². The molecule has 0 aliphatic heterocycles. The van der Waals surface area contributed by atoms with Gasteiger partial charge in [0.05, 0.1) is 11.7 Å². The third-order valence-electron chi connectivity index (χ3n) is 3.75. The predicted molar refractivity (Wildman–Crippen MR) is 71.2 cm³/mol. The summed E-state index contributed by atoms with van der Waals surface area (Å²) in [4.78, 5) is 0. The quantitative estimate of drug-likeness (QED) is 0.821. The zero-order valence-electron chi connectivity index (χ0n) is 11.2. The Balaban J connectivity index is 1.81. The van der Waals surface area contributed by atoms with Gasteiger partial charge >= 0.3 is 0 Å². The van der Waals surface area contributed by atoms with Crippen molar-refractivity contribution in [1.82, 2.24) is 15.1 Å². The molecule has 0 radical (unpaired) electrons. The van der Waals surface area contributed by atoms with Gasteiger partial charge in [0.2, 0.25) is 0 Å². The van der Waals surface area contributed by atoms with Gasteiger partial charge in [0.25, 0.3) is 0 Å². The largest absolute Gasteiger partial charge is 0.315 e. The maximum atomic E-state index is 4.71. The van der Waals surface area contributed by atoms with Crippen molar-refractivity contribution in [2.75, 3.05) is 6.54 Å². The SMILES string of the molecule is CCNC(C)CCc1ccn(C2CCCC2)n1. The Hall–Kier alpha value is -0.830. The van der Waals surface area contributed by atoms with E-state index in [9.17, 15) is 0 Å². The summed E-state index contributed by atoms with van der Waals surface area (Å²) in [5.74, 6) is 0. The molecule has 1 atom stereocenters. The van der Waals surface area contributed by atoms with E-state index in [1.807, 2.05) is 0 Å². The number of nitrogens with one attached hydrogen (secondary N) is 1. The van der Waals surface area contributed by atoms with E-state index in [0.717, 1.165) is 13.0 Å². The molecule has 0 bridgehead atoms. The van der Waals surface area contributed by atoms with Crippen LogP contribution in [0.25, 0.3) is 0 Å². The van der Waals surface area contributed by atoms with Gasteiger partial charge in [0.15, 0.2) is 0 Å². The molecule has 1 aromatic rings. The van der Waals surface area contributed by atoms with Crippen LogP contribution in [0.1, 0.15) is 57.7 Å². The first-order valence-corrected chi connectivity index (χ1v) is 7.07. The van der Waals surface area contributed by atoms with Crippen LogP contribution in [0.5, 0.6) is 0 Å². The minimum atomic E-state index is 0.594. The van der Waals surface area contributed by atoms with E-state index in [1.165, 1.54) is 37.8 Å². The van der Waals surface area contributed by atoms with Gasteiger partial charge in [0, 0.05) is 12.2 Å². The second-order valence-corrected chi connectivity index (χ2v) is 5.22. The van der Waals surface area contributed by atoms with Gasteiger partial charge < -0.3 is 5.32 Å². The van der Waals surface area contributed by atoms with Crippen molar-refractivity contribution in [2.45, 2.75) is 64.5 Å². The summed E-state index contributed by atoms with van der Waals surface area (Å²) in [5.41, 5.74) is 1.25. The Labute approximate surface area is 105 Å². The molecule has 1 aromatic heterocycles. The fourth-order valence-corrected chi connectivity index (χ4v) is 2.70. The molecule has 1 N–H and O–H groups in total. The summed E-state index contributed by atoms with van der Waals surface area (Å²) < 4.78 is 2.19. The Bertz CT molecular complexity index is 326. The average Bonchev–Trinajstić information content (AvgIpc) is 2.97. The summed E-state index contributed by atoms with van der Waals surface area (Å²) >= 11 is 0. The summed E-state index contributed by atoms with van der Waals surface area (Å²) in [7, 11) is 0. The van der Waals surface area contributed by atoms with Gasteiger partial charge in [-0.05, 0) is 45.2 Å². The minimum Gasteiger partial charge on any atom is -0.315 e. The van der Waals surface area contributed by atoms with E-state index in [0.29, 0.717) is 12.1 Å². The van der Waals surface area contributed by atoms with Crippen LogP contribution in [0.3, 0.4) is 0 Å². The second-order valence-electron chi connectivity index (χ2n) is 5.22. The maximum Gasteiger partial charge on any atom is 0.0625 e. The third kappa shape index (κ3) is 3.56. The number of nitrogens with zero attached hydrogens (tertiary/aromatic N) is 2. The zero-order valence-corrected chi connectivity index (χ0v) is 11.2. The number of rotatable bonds is 6. The molecule has 0 spiro atoms. The topological polar surface area (TPSA) is 29.9 Å². The maximum absolute atomic E-state index is 4.71. The third-order valence-corrected chi connectivity index (χ3v) is 3.75. The van der Waals surface area contributed by atoms with E-state index in [-0.39, 0.29) is 0 Å². The molecule has 1 saturated carbocycles. The number of aryl methyl sites for hydroxylation is 1. The Kier molecular flexibility index (Phi) is 4.60. The van der Waals surface area contributed by atoms with Crippen molar-refractivity contribution in [3.8, 4) is 0 Å². The van der Waals surface area contributed by atoms with Crippen LogP contribution in [0.2, 0.25) is 0 Å². The fourth-order valence-electron chi connectivity index (χ4n) is 2.70. The van der Waals surface area contributed by atoms with Crippen molar-refractivity contribution in [2.24, 2.45) is 0 Å². The van der Waals surface area contributed by atoms with Crippen LogP contribution in [-0.4, -0.2) is 22.4 Å². The molecule has 2 rings (SSSR count). The fraction of sp³-hybridized carbons (Fsp3) is 0.786. The van der Waals surface area contributed by atoms with Crippen LogP contribution >= 0.6 is 0 Å². The molecule has 17 heavy (non-hydrogen) atoms. The van der Waals surface area contributed by atoms with Crippen LogP contribution in [0, 0.1) is 0 Å². The van der Waals surface area contributed by atoms with E-state index >= 15 is 0 Å². The average molecular weight is 235 g/mol. The molecule has 1 aliphatic carbocycles. The van der Waals surface area contributed by atoms with Gasteiger partial charge in [-0.15, -0.1) is 0 Å². The Morgan fingerprint density at radius 1 is 1.47 bits per heavy atom. The molecule has 0 amide bonds. The highest BCUT2D eigenvalue weighted by Crippen LogP contribution is 2.28. The molecular weight excluding hydrogens is 210 g/mol. The highest BCUT2D eigenvalue weighted by atomic mass is 15.3. The molecule has 1 fully saturated rings. The number of hydrogen-bond donors (Lipinski definition) is 1. The predicted octanol–water partition coefficient (Wildman–Crippen LogP) is 2.93. The van der Waals surface area contributed by atoms with Crippen molar-refractivity contribution in [1.29, 1.82) is 0 Å². The van der Waals surface area contributed by atoms with E-state index in [4.69, 9.17) is 5.10 Å². The lowest BCUT2D eigenvalue weighted by Crippen LogP contribution is -2.25. The lowest BCUT2D eigenvalue weighted by Gasteiger charge is -2.11. The highest BCUT2D eigenvalue weighted by molar-refractivity contribution is 5.00. The van der Waals surface area contributed by atoms with Crippen molar-refractivity contribution >= 4 is 0 Å². The molecule has 3 heteroatoms. The lowest BCUT2D eigenvalue weighted by molar-refractivity contribution is 0.459. The smallest absolute Gasteiger partial charge is 0.0625 e. The number of hydrogen-bond acceptors (Lipinski definition) is 2. The monoisotopic (exact) mass is 235 g/mol. The van der Waals surface area contributed by atoms with Gasteiger partial charge in [-0.25, -0.2) is 0 Å². The van der Waals surface area contributed by atoms with E-state index < -0.39 is 0 Å². The normalized spacial score (nSPS) is 18.7. The molecule has 3 nitrogen and oxygen atoms in total. The molecule has 1 heterocycles. The van der Waals surface area contributed by atoms with E-state index in [2.05, 4.69) is 36.1 Å². The second kappa shape index (κ2) is 6.20. The first-order valence-electron chi connectivity index (χ1n) is 7.07. The van der Waals surface area contributed by atoms with Crippen molar-refractivity contribution in [3.05, 3.63) is 18.0 Å². The van der Waals surface area contributed by atoms with Gasteiger partial charge in [-0.3, -0.25) is 4.68 Å². The first-order chi connectivity index (χ1) is 8.29. The summed E-state index contributed by atoms with van der Waals surface area (Å²) in [6, 6.07) is 3.46. The standard InChI is InChI=1S/C14H25N3/c1-3-15-12(2)8-9-13-10-11-17(16-13)14-6-4-5-7-14/h10-12,14-15H,3-9H2,1-2H3. The minimum absolute atomic E-state index is 0.594. The molecule has 96 valence electrons. The van der Waals surface area contributed by atoms with Crippen LogP contribution in [-0.2, 0) is 6.42 Å². The lowest BCUT2D eigenvalue weighted by atomic mass is 10.1. The summed E-state index contributed by atoms with van der Waals surface area (Å²) in [6.07, 6.45) is 9.81. The van der Waals surface area contributed by atoms with Crippen LogP contribution < -0.4 is 5.32 Å². The van der Waals surface area contributed by atoms with Gasteiger partial charge in [0.1, 0.15) is 0 Å². The highest BCUT2D eigenvalue weighted by Gasteiger charge is 2.17. The number of aromatic nitrogens is 2. The van der Waals surface area contributed by atoms with Crippen LogP contribution in [0.4, 0.5) is 0 Å². The summed E-state index contributed by atoms with van der Waals surface area (Å²) in [6.45, 7) is 5.46. The molecular formula is C14H25N3. The molecule has 1 aliphatic rings. The van der Waals surface area contributed by atoms with E-state index in [1.54, 1.807) is 0 Å². The summed E-state index contributed by atoms with van der Waals surface area (Å²) in [5, 5.41) is 8.16. The van der Waals surface area contributed by atoms with Crippen LogP contribution in [0.15, 0.2) is 12.3 Å². The molecule has 1 unspecified atom stereocenters. The zero-order chi connectivity index (χ0) is 12.1. The van der Waals surface area contributed by atoms with Gasteiger partial charge in [-0.1, -0.05) is 19.8 Å². The first kappa shape index (κ1) is 12.6. The van der Waals surface area contributed by atoms with Crippen molar-refractivity contribution in [3.63, 3.8) is 0 Å². The molecule has 0 saturated heterocycles. The Morgan fingerprint density at radius 2 is 2.24 bits per heavy atom. The van der Waals surface area contributed by atoms with Crippen molar-refractivity contribution < 1.29 is 0 Å². The molecule has 0 aromatic carbocycles. The Morgan fingerprint density at radius 3 is 2.94 bits per heavy atom.